The van der Waals surface area contributed by atoms with Gasteiger partial charge in [0.1, 0.15) is 0 Å². The molecule has 0 aliphatic carbocycles. The van der Waals surface area contributed by atoms with Crippen molar-refractivity contribution in [1.29, 1.82) is 0 Å². The highest BCUT2D eigenvalue weighted by atomic mass is 79.9. The number of nitrogens with one attached hydrogen (secondary N) is 4. The van der Waals surface area contributed by atoms with Gasteiger partial charge in [-0.2, -0.15) is 0 Å². The van der Waals surface area contributed by atoms with E-state index in [1.807, 2.05) is 67.1 Å². The lowest BCUT2D eigenvalue weighted by Gasteiger charge is -2.06. The lowest BCUT2D eigenvalue weighted by atomic mass is 10.0. The van der Waals surface area contributed by atoms with E-state index in [-0.39, 0.29) is 17.7 Å². The van der Waals surface area contributed by atoms with Gasteiger partial charge in [0.15, 0.2) is 0 Å². The van der Waals surface area contributed by atoms with E-state index >= 15 is 0 Å². The molecule has 0 unspecified atom stereocenters. The van der Waals surface area contributed by atoms with E-state index in [9.17, 15) is 14.4 Å². The summed E-state index contributed by atoms with van der Waals surface area (Å²) in [5.41, 5.74) is 7.19. The van der Waals surface area contributed by atoms with Gasteiger partial charge >= 0.3 is 0 Å². The number of imidazole rings is 1. The van der Waals surface area contributed by atoms with Gasteiger partial charge < -0.3 is 25.5 Å². The maximum absolute atomic E-state index is 12.7. The molecule has 4 aromatic rings. The maximum atomic E-state index is 12.7. The third kappa shape index (κ3) is 6.52. The van der Waals surface area contributed by atoms with Crippen molar-refractivity contribution in [2.24, 2.45) is 0 Å². The van der Waals surface area contributed by atoms with Gasteiger partial charge in [-0.15, -0.1) is 0 Å². The monoisotopic (exact) mass is 678 g/mol. The minimum atomic E-state index is -0.153. The first-order valence-corrected chi connectivity index (χ1v) is 14.6. The molecular formula is C30H28Br2N6O3. The Kier molecular flexibility index (Phi) is 8.55. The molecule has 2 aromatic carbocycles. The molecule has 0 bridgehead atoms. The van der Waals surface area contributed by atoms with Crippen LogP contribution in [-0.2, 0) is 22.6 Å². The summed E-state index contributed by atoms with van der Waals surface area (Å²) in [6.45, 7) is 5.13. The number of benzene rings is 2. The van der Waals surface area contributed by atoms with E-state index in [0.717, 1.165) is 61.4 Å². The smallest absolute Gasteiger partial charge is 0.256 e. The van der Waals surface area contributed by atoms with Crippen LogP contribution in [0.2, 0.25) is 0 Å². The van der Waals surface area contributed by atoms with Gasteiger partial charge in [0.25, 0.3) is 11.8 Å². The zero-order chi connectivity index (χ0) is 29.1. The molecule has 41 heavy (non-hydrogen) atoms. The molecular weight excluding hydrogens is 652 g/mol. The third-order valence-electron chi connectivity index (χ3n) is 6.89. The average Bonchev–Trinajstić information content (AvgIpc) is 3.70. The lowest BCUT2D eigenvalue weighted by molar-refractivity contribution is -0.115. The van der Waals surface area contributed by atoms with Crippen LogP contribution in [0.3, 0.4) is 0 Å². The number of anilines is 2. The summed E-state index contributed by atoms with van der Waals surface area (Å²) in [7, 11) is 0. The van der Waals surface area contributed by atoms with Crippen molar-refractivity contribution in [1.82, 2.24) is 19.9 Å². The van der Waals surface area contributed by atoms with Gasteiger partial charge in [-0.05, 0) is 73.9 Å². The molecule has 4 heterocycles. The molecule has 0 spiro atoms. The average molecular weight is 680 g/mol. The van der Waals surface area contributed by atoms with E-state index in [0.29, 0.717) is 24.1 Å². The van der Waals surface area contributed by atoms with Crippen LogP contribution in [0.25, 0.3) is 11.6 Å². The first kappa shape index (κ1) is 28.6. The number of aromatic nitrogens is 3. The number of rotatable bonds is 6. The van der Waals surface area contributed by atoms with E-state index in [1.54, 1.807) is 12.5 Å². The number of aromatic amines is 1. The zero-order valence-electron chi connectivity index (χ0n) is 22.5. The molecule has 210 valence electrons. The summed E-state index contributed by atoms with van der Waals surface area (Å²) in [6, 6.07) is 11.5. The number of aryl methyl sites for hydroxylation is 2. The fourth-order valence-electron chi connectivity index (χ4n) is 4.88. The van der Waals surface area contributed by atoms with Crippen LogP contribution >= 0.6 is 31.9 Å². The minimum absolute atomic E-state index is 0.0816. The van der Waals surface area contributed by atoms with Crippen molar-refractivity contribution in [2.75, 3.05) is 17.2 Å². The lowest BCUT2D eigenvalue weighted by Crippen LogP contribution is -2.26. The second-order valence-electron chi connectivity index (χ2n) is 9.80. The van der Waals surface area contributed by atoms with Gasteiger partial charge in [0, 0.05) is 62.8 Å². The Morgan fingerprint density at radius 2 is 1.83 bits per heavy atom. The molecule has 4 N–H and O–H groups in total. The summed E-state index contributed by atoms with van der Waals surface area (Å²) < 4.78 is 3.90. The highest BCUT2D eigenvalue weighted by Crippen LogP contribution is 2.35. The van der Waals surface area contributed by atoms with Crippen molar-refractivity contribution < 1.29 is 14.4 Å². The Bertz CT molecular complexity index is 1670. The number of H-pyrrole nitrogens is 1. The molecule has 11 heteroatoms. The van der Waals surface area contributed by atoms with Crippen molar-refractivity contribution in [3.63, 3.8) is 0 Å². The number of fused-ring (bicyclic) bond motifs is 2. The Morgan fingerprint density at radius 1 is 1.07 bits per heavy atom. The van der Waals surface area contributed by atoms with E-state index in [2.05, 4.69) is 57.8 Å². The molecule has 3 amide bonds. The Balaban J connectivity index is 0.000000255. The number of hydrogen-bond donors (Lipinski definition) is 4. The van der Waals surface area contributed by atoms with E-state index in [4.69, 9.17) is 0 Å². The van der Waals surface area contributed by atoms with Crippen LogP contribution in [0.1, 0.15) is 44.9 Å². The van der Waals surface area contributed by atoms with Crippen LogP contribution in [0, 0.1) is 13.8 Å². The topological polar surface area (TPSA) is 121 Å². The second-order valence-corrected chi connectivity index (χ2v) is 11.6. The Hall–Kier alpha value is -3.96. The van der Waals surface area contributed by atoms with Crippen LogP contribution in [0.5, 0.6) is 0 Å². The summed E-state index contributed by atoms with van der Waals surface area (Å²) in [4.78, 5) is 43.4. The molecule has 9 nitrogen and oxygen atoms in total. The summed E-state index contributed by atoms with van der Waals surface area (Å²) in [6.07, 6.45) is 8.53. The standard InChI is InChI=1S/C22H22BrN5O2.C8H6BrNO/c1-13-19(11-17-16-10-15(23)4-5-18(16)27-21(17)29)26-14(2)20(13)22(30)25-6-3-8-28-9-7-24-12-28;9-6-1-2-7-5(3-6)4-8(11)10-7/h4-5,7,9-12,26H,3,6,8H2,1-2H3,(H,25,30)(H,27,29);1-3H,4H2,(H,10,11). The Labute approximate surface area is 254 Å². The highest BCUT2D eigenvalue weighted by molar-refractivity contribution is 9.10. The summed E-state index contributed by atoms with van der Waals surface area (Å²) >= 11 is 6.80. The molecule has 0 saturated carbocycles. The molecule has 0 radical (unpaired) electrons. The quantitative estimate of drug-likeness (QED) is 0.151. The first-order valence-electron chi connectivity index (χ1n) is 13.0. The van der Waals surface area contributed by atoms with Gasteiger partial charge in [-0.25, -0.2) is 4.98 Å². The molecule has 2 aliphatic rings. The maximum Gasteiger partial charge on any atom is 0.256 e. The van der Waals surface area contributed by atoms with Crippen LogP contribution < -0.4 is 16.0 Å². The van der Waals surface area contributed by atoms with Gasteiger partial charge in [0.05, 0.1) is 23.9 Å². The molecule has 0 fully saturated rings. The molecule has 6 rings (SSSR count). The molecule has 2 aromatic heterocycles. The normalized spacial score (nSPS) is 14.2. The van der Waals surface area contributed by atoms with Crippen molar-refractivity contribution >= 4 is 72.6 Å². The fourth-order valence-corrected chi connectivity index (χ4v) is 5.65. The molecule has 2 aliphatic heterocycles. The van der Waals surface area contributed by atoms with E-state index in [1.165, 1.54) is 0 Å². The molecule has 0 saturated heterocycles. The number of carbonyl (C=O) groups is 3. The zero-order valence-corrected chi connectivity index (χ0v) is 25.6. The highest BCUT2D eigenvalue weighted by Gasteiger charge is 2.26. The summed E-state index contributed by atoms with van der Waals surface area (Å²) in [5.74, 6) is -0.186. The van der Waals surface area contributed by atoms with Gasteiger partial charge in [0.2, 0.25) is 5.91 Å². The van der Waals surface area contributed by atoms with Crippen LogP contribution in [-0.4, -0.2) is 38.8 Å². The van der Waals surface area contributed by atoms with Crippen LogP contribution in [0.4, 0.5) is 11.4 Å². The minimum Gasteiger partial charge on any atom is -0.358 e. The van der Waals surface area contributed by atoms with Crippen molar-refractivity contribution in [3.05, 3.63) is 97.7 Å². The Morgan fingerprint density at radius 3 is 2.59 bits per heavy atom. The summed E-state index contributed by atoms with van der Waals surface area (Å²) in [5, 5.41) is 8.62. The molecule has 0 atom stereocenters. The fraction of sp³-hybridized carbons (Fsp3) is 0.200. The van der Waals surface area contributed by atoms with Gasteiger partial charge in [-0.3, -0.25) is 14.4 Å². The number of hydrogen-bond acceptors (Lipinski definition) is 4. The third-order valence-corrected chi connectivity index (χ3v) is 7.87. The number of nitrogens with zero attached hydrogens (tertiary/aromatic N) is 2. The predicted molar refractivity (Wildman–Crippen MR) is 167 cm³/mol. The second kappa shape index (κ2) is 12.3. The SMILES string of the molecule is Cc1[nH]c(C=C2C(=O)Nc3ccc(Br)cc32)c(C)c1C(=O)NCCCn1ccnc1.O=C1Cc2cc(Br)ccc2N1. The number of amides is 3. The van der Waals surface area contributed by atoms with Crippen LogP contribution in [0.15, 0.2) is 64.1 Å². The first-order chi connectivity index (χ1) is 19.7. The number of halogens is 2. The van der Waals surface area contributed by atoms with E-state index < -0.39 is 0 Å². The van der Waals surface area contributed by atoms with Gasteiger partial charge in [-0.1, -0.05) is 31.9 Å². The predicted octanol–water partition coefficient (Wildman–Crippen LogP) is 5.85. The number of carbonyl (C=O) groups excluding carboxylic acids is 3. The van der Waals surface area contributed by atoms with Crippen molar-refractivity contribution in [2.45, 2.75) is 33.2 Å². The van der Waals surface area contributed by atoms with Crippen molar-refractivity contribution in [3.8, 4) is 0 Å². The largest absolute Gasteiger partial charge is 0.358 e.